The topological polar surface area (TPSA) is 120 Å². The van der Waals surface area contributed by atoms with E-state index in [1.54, 1.807) is 36.7 Å². The lowest BCUT2D eigenvalue weighted by Crippen LogP contribution is -2.14. The maximum atomic E-state index is 12.8. The minimum absolute atomic E-state index is 0.107. The van der Waals surface area contributed by atoms with Gasteiger partial charge in [0.1, 0.15) is 22.8 Å². The van der Waals surface area contributed by atoms with Gasteiger partial charge in [-0.15, -0.1) is 0 Å². The molecule has 10 heteroatoms. The van der Waals surface area contributed by atoms with E-state index in [9.17, 15) is 9.90 Å². The predicted molar refractivity (Wildman–Crippen MR) is 112 cm³/mol. The molecule has 2 aromatic heterocycles. The van der Waals surface area contributed by atoms with Gasteiger partial charge >= 0.3 is 0 Å². The Morgan fingerprint density at radius 1 is 1.45 bits per heavy atom. The number of halogens is 1. The molecule has 2 heterocycles. The molecule has 0 radical (unpaired) electrons. The first-order valence-electron chi connectivity index (χ1n) is 8.77. The molecule has 9 nitrogen and oxygen atoms in total. The molecule has 0 aliphatic heterocycles. The molecule has 152 valence electrons. The van der Waals surface area contributed by atoms with Crippen LogP contribution in [0.15, 0.2) is 36.7 Å². The number of carbonyl (C=O) groups is 1. The van der Waals surface area contributed by atoms with E-state index in [-0.39, 0.29) is 24.5 Å². The molecule has 0 aliphatic carbocycles. The van der Waals surface area contributed by atoms with Crippen LogP contribution in [0, 0.1) is 0 Å². The Labute approximate surface area is 172 Å². The van der Waals surface area contributed by atoms with Crippen LogP contribution in [0.5, 0.6) is 5.75 Å². The summed E-state index contributed by atoms with van der Waals surface area (Å²) in [5.41, 5.74) is 7.70. The second kappa shape index (κ2) is 8.80. The van der Waals surface area contributed by atoms with Crippen LogP contribution < -0.4 is 15.8 Å². The van der Waals surface area contributed by atoms with Gasteiger partial charge in [0.05, 0.1) is 32.1 Å². The first-order valence-corrected chi connectivity index (χ1v) is 9.15. The summed E-state index contributed by atoms with van der Waals surface area (Å²) in [5.74, 6) is 0.314. The molecule has 3 rings (SSSR count). The van der Waals surface area contributed by atoms with Gasteiger partial charge in [0.15, 0.2) is 0 Å². The number of rotatable bonds is 7. The lowest BCUT2D eigenvalue weighted by molar-refractivity contribution is 0.102. The number of carbonyl (C=O) groups excluding carboxylic acids is 1. The average molecular weight is 417 g/mol. The third-order valence-corrected chi connectivity index (χ3v) is 4.36. The molecule has 1 aromatic carbocycles. The van der Waals surface area contributed by atoms with E-state index in [1.165, 1.54) is 22.7 Å². The number of benzene rings is 1. The van der Waals surface area contributed by atoms with E-state index in [0.717, 1.165) is 0 Å². The Morgan fingerprint density at radius 2 is 2.24 bits per heavy atom. The Balaban J connectivity index is 2.01. The highest BCUT2D eigenvalue weighted by molar-refractivity contribution is 6.31. The monoisotopic (exact) mass is 416 g/mol. The molecule has 0 spiro atoms. The standard InChI is InChI=1S/C19H21ClN6O3/c1-3-6-26-18(21)14(10-22-26)19(28)23-15-11-25(7-8-27)24-17(15)13-9-12(20)4-5-16(13)29-2/h3-6,9-11,27H,7-8,21H2,1-2H3,(H,23,28)/b6-3-. The summed E-state index contributed by atoms with van der Waals surface area (Å²) >= 11 is 6.15. The highest BCUT2D eigenvalue weighted by Gasteiger charge is 2.21. The Bertz CT molecular complexity index is 1060. The van der Waals surface area contributed by atoms with Gasteiger partial charge < -0.3 is 20.9 Å². The van der Waals surface area contributed by atoms with Crippen LogP contribution in [-0.2, 0) is 6.54 Å². The molecule has 0 aliphatic rings. The van der Waals surface area contributed by atoms with Gasteiger partial charge in [0.2, 0.25) is 0 Å². The maximum absolute atomic E-state index is 12.8. The molecule has 29 heavy (non-hydrogen) atoms. The fourth-order valence-electron chi connectivity index (χ4n) is 2.79. The number of aliphatic hydroxyl groups is 1. The molecule has 0 saturated heterocycles. The van der Waals surface area contributed by atoms with E-state index >= 15 is 0 Å². The quantitative estimate of drug-likeness (QED) is 0.544. The number of nitrogens with one attached hydrogen (secondary N) is 1. The summed E-state index contributed by atoms with van der Waals surface area (Å²) in [6.45, 7) is 1.97. The van der Waals surface area contributed by atoms with Crippen LogP contribution in [-0.4, -0.2) is 44.3 Å². The highest BCUT2D eigenvalue weighted by atomic mass is 35.5. The van der Waals surface area contributed by atoms with Crippen molar-refractivity contribution in [2.45, 2.75) is 13.5 Å². The third kappa shape index (κ3) is 4.25. The van der Waals surface area contributed by atoms with Gasteiger partial charge in [-0.1, -0.05) is 17.7 Å². The van der Waals surface area contributed by atoms with Crippen molar-refractivity contribution in [3.8, 4) is 17.0 Å². The van der Waals surface area contributed by atoms with Crippen molar-refractivity contribution >= 4 is 35.2 Å². The minimum atomic E-state index is -0.441. The van der Waals surface area contributed by atoms with Crippen LogP contribution >= 0.6 is 11.6 Å². The van der Waals surface area contributed by atoms with E-state index in [1.807, 2.05) is 6.92 Å². The van der Waals surface area contributed by atoms with Gasteiger partial charge in [-0.25, -0.2) is 4.68 Å². The number of methoxy groups -OCH3 is 1. The largest absolute Gasteiger partial charge is 0.496 e. The summed E-state index contributed by atoms with van der Waals surface area (Å²) in [6.07, 6.45) is 6.42. The molecule has 0 bridgehead atoms. The molecular formula is C19H21ClN6O3. The summed E-state index contributed by atoms with van der Waals surface area (Å²) < 4.78 is 8.34. The van der Waals surface area contributed by atoms with Crippen LogP contribution in [0.25, 0.3) is 17.5 Å². The van der Waals surface area contributed by atoms with Gasteiger partial charge in [0, 0.05) is 23.0 Å². The first-order chi connectivity index (χ1) is 14.0. The number of aromatic nitrogens is 4. The Morgan fingerprint density at radius 3 is 2.93 bits per heavy atom. The van der Waals surface area contributed by atoms with Gasteiger partial charge in [-0.05, 0) is 25.1 Å². The summed E-state index contributed by atoms with van der Waals surface area (Å²) in [4.78, 5) is 12.8. The van der Waals surface area contributed by atoms with Crippen LogP contribution in [0.1, 0.15) is 17.3 Å². The van der Waals surface area contributed by atoms with E-state index in [2.05, 4.69) is 15.5 Å². The number of nitrogen functional groups attached to an aromatic ring is 1. The first kappa shape index (κ1) is 20.4. The molecule has 0 atom stereocenters. The number of ether oxygens (including phenoxy) is 1. The van der Waals surface area contributed by atoms with Crippen LogP contribution in [0.3, 0.4) is 0 Å². The minimum Gasteiger partial charge on any atom is -0.496 e. The highest BCUT2D eigenvalue weighted by Crippen LogP contribution is 2.36. The lowest BCUT2D eigenvalue weighted by atomic mass is 10.1. The fourth-order valence-corrected chi connectivity index (χ4v) is 2.96. The molecular weight excluding hydrogens is 396 g/mol. The SMILES string of the molecule is C/C=C\n1ncc(C(=O)Nc2cn(CCO)nc2-c2cc(Cl)ccc2OC)c1N. The van der Waals surface area contributed by atoms with Gasteiger partial charge in [-0.2, -0.15) is 10.2 Å². The molecule has 4 N–H and O–H groups in total. The number of allylic oxidation sites excluding steroid dienone is 1. The van der Waals surface area contributed by atoms with Gasteiger partial charge in [0.25, 0.3) is 5.91 Å². The molecule has 0 unspecified atom stereocenters. The number of nitrogens with zero attached hydrogens (tertiary/aromatic N) is 4. The van der Waals surface area contributed by atoms with Crippen molar-refractivity contribution < 1.29 is 14.6 Å². The zero-order valence-corrected chi connectivity index (χ0v) is 16.7. The third-order valence-electron chi connectivity index (χ3n) is 4.12. The number of amides is 1. The zero-order chi connectivity index (χ0) is 21.0. The van der Waals surface area contributed by atoms with Gasteiger partial charge in [-0.3, -0.25) is 9.48 Å². The second-order valence-corrected chi connectivity index (χ2v) is 6.48. The van der Waals surface area contributed by atoms with Crippen molar-refractivity contribution in [1.82, 2.24) is 19.6 Å². The second-order valence-electron chi connectivity index (χ2n) is 6.05. The van der Waals surface area contributed by atoms with Crippen molar-refractivity contribution in [3.05, 3.63) is 47.3 Å². The molecule has 3 aromatic rings. The summed E-state index contributed by atoms with van der Waals surface area (Å²) in [5, 5.41) is 21.1. The molecule has 0 saturated carbocycles. The van der Waals surface area contributed by atoms with E-state index in [4.69, 9.17) is 22.1 Å². The number of anilines is 2. The van der Waals surface area contributed by atoms with Crippen molar-refractivity contribution in [1.29, 1.82) is 0 Å². The normalized spacial score (nSPS) is 11.2. The average Bonchev–Trinajstić information content (AvgIpc) is 3.26. The molecule has 1 amide bonds. The smallest absolute Gasteiger partial charge is 0.261 e. The number of hydrogen-bond acceptors (Lipinski definition) is 6. The Kier molecular flexibility index (Phi) is 6.20. The van der Waals surface area contributed by atoms with Crippen LogP contribution in [0.4, 0.5) is 11.5 Å². The van der Waals surface area contributed by atoms with Crippen molar-refractivity contribution in [2.24, 2.45) is 0 Å². The number of hydrogen-bond donors (Lipinski definition) is 3. The van der Waals surface area contributed by atoms with E-state index in [0.29, 0.717) is 27.7 Å². The van der Waals surface area contributed by atoms with Crippen molar-refractivity contribution in [3.63, 3.8) is 0 Å². The maximum Gasteiger partial charge on any atom is 0.261 e. The summed E-state index contributed by atoms with van der Waals surface area (Å²) in [6, 6.07) is 5.11. The Hall–Kier alpha value is -3.30. The zero-order valence-electron chi connectivity index (χ0n) is 16.0. The fraction of sp³-hybridized carbons (Fsp3) is 0.211. The lowest BCUT2D eigenvalue weighted by Gasteiger charge is -2.09. The van der Waals surface area contributed by atoms with Crippen molar-refractivity contribution in [2.75, 3.05) is 24.8 Å². The predicted octanol–water partition coefficient (Wildman–Crippen LogP) is 2.73. The van der Waals surface area contributed by atoms with Crippen LogP contribution in [0.2, 0.25) is 5.02 Å². The summed E-state index contributed by atoms with van der Waals surface area (Å²) in [7, 11) is 1.53. The molecule has 0 fully saturated rings. The van der Waals surface area contributed by atoms with E-state index < -0.39 is 5.91 Å². The number of aliphatic hydroxyl groups excluding tert-OH is 1. The number of nitrogens with two attached hydrogens (primary N) is 1.